The number of likely N-dealkylation sites (tertiary alicyclic amines) is 1. The number of nitrogens with one attached hydrogen (secondary N) is 3. The zero-order chi connectivity index (χ0) is 24.1. The predicted octanol–water partition coefficient (Wildman–Crippen LogP) is 3.64. The van der Waals surface area contributed by atoms with E-state index in [1.54, 1.807) is 12.1 Å². The lowest BCUT2D eigenvalue weighted by Crippen LogP contribution is -2.49. The molecule has 0 unspecified atom stereocenters. The number of aromatic amines is 1. The number of piperidine rings is 1. The molecule has 7 nitrogen and oxygen atoms in total. The lowest BCUT2D eigenvalue weighted by atomic mass is 9.74. The van der Waals surface area contributed by atoms with Crippen LogP contribution < -0.4 is 15.4 Å². The van der Waals surface area contributed by atoms with Crippen molar-refractivity contribution in [3.05, 3.63) is 78.0 Å². The van der Waals surface area contributed by atoms with E-state index in [1.165, 1.54) is 10.9 Å². The number of carbonyl (C=O) groups is 2. The number of amides is 2. The number of hydrogen-bond donors (Lipinski definition) is 3. The van der Waals surface area contributed by atoms with Crippen LogP contribution in [0.25, 0.3) is 10.9 Å². The first kappa shape index (κ1) is 23.2. The van der Waals surface area contributed by atoms with Crippen LogP contribution >= 0.6 is 0 Å². The van der Waals surface area contributed by atoms with E-state index < -0.39 is 5.41 Å². The van der Waals surface area contributed by atoms with E-state index in [4.69, 9.17) is 4.74 Å². The van der Waals surface area contributed by atoms with E-state index in [2.05, 4.69) is 44.9 Å². The minimum Gasteiger partial charge on any atom is -0.491 e. The maximum atomic E-state index is 13.4. The summed E-state index contributed by atoms with van der Waals surface area (Å²) in [6.07, 6.45) is 8.33. The summed E-state index contributed by atoms with van der Waals surface area (Å²) in [5, 5.41) is 7.29. The van der Waals surface area contributed by atoms with Gasteiger partial charge in [0.05, 0.1) is 17.5 Å². The van der Waals surface area contributed by atoms with E-state index in [-0.39, 0.29) is 11.8 Å². The molecule has 3 heterocycles. The Labute approximate surface area is 205 Å². The molecule has 0 saturated carbocycles. The normalized spacial score (nSPS) is 20.3. The van der Waals surface area contributed by atoms with Gasteiger partial charge in [-0.25, -0.2) is 0 Å². The standard InChI is InChI=1S/C28H32N4O3/c33-26-23-8-2-4-10-25(23)35-18-15-30-27(34)28(11-5-6-14-29-26)12-16-32(17-13-28)20-21-19-31-24-9-3-1-7-22(21)24/h1-10,19,31H,11-18,20H2,(H,29,33)(H,30,34)/b6-5+. The van der Waals surface area contributed by atoms with Gasteiger partial charge in [0.2, 0.25) is 5.91 Å². The summed E-state index contributed by atoms with van der Waals surface area (Å²) in [5.41, 5.74) is 2.51. The van der Waals surface area contributed by atoms with Gasteiger partial charge in [-0.05, 0) is 56.1 Å². The second kappa shape index (κ2) is 10.4. The maximum Gasteiger partial charge on any atom is 0.255 e. The largest absolute Gasteiger partial charge is 0.491 e. The van der Waals surface area contributed by atoms with Crippen molar-refractivity contribution >= 4 is 22.7 Å². The van der Waals surface area contributed by atoms with Crippen LogP contribution in [0.4, 0.5) is 0 Å². The third-order valence-corrected chi connectivity index (χ3v) is 7.20. The van der Waals surface area contributed by atoms with Crippen LogP contribution in [0, 0.1) is 5.41 Å². The summed E-state index contributed by atoms with van der Waals surface area (Å²) in [6.45, 7) is 3.73. The van der Waals surface area contributed by atoms with Crippen LogP contribution in [-0.2, 0) is 11.3 Å². The zero-order valence-corrected chi connectivity index (χ0v) is 19.9. The summed E-state index contributed by atoms with van der Waals surface area (Å²) in [7, 11) is 0. The third kappa shape index (κ3) is 5.10. The van der Waals surface area contributed by atoms with E-state index in [0.29, 0.717) is 37.4 Å². The molecule has 7 heteroatoms. The van der Waals surface area contributed by atoms with Crippen molar-refractivity contribution in [2.45, 2.75) is 25.8 Å². The van der Waals surface area contributed by atoms with Gasteiger partial charge in [0.15, 0.2) is 0 Å². The Bertz CT molecular complexity index is 1220. The van der Waals surface area contributed by atoms with Crippen molar-refractivity contribution in [3.63, 3.8) is 0 Å². The molecule has 1 saturated heterocycles. The number of H-pyrrole nitrogens is 1. The molecule has 0 radical (unpaired) electrons. The SMILES string of the molecule is O=C1NC/C=C/CC2(CCN(Cc3c[nH]c4ccccc34)CC2)C(=O)NCCOc2ccccc21. The first-order valence-electron chi connectivity index (χ1n) is 12.4. The zero-order valence-electron chi connectivity index (χ0n) is 19.9. The van der Waals surface area contributed by atoms with E-state index in [1.807, 2.05) is 30.4 Å². The molecule has 0 bridgehead atoms. The summed E-state index contributed by atoms with van der Waals surface area (Å²) >= 11 is 0. The molecule has 1 fully saturated rings. The van der Waals surface area contributed by atoms with Crippen LogP contribution in [-0.4, -0.2) is 54.5 Å². The predicted molar refractivity (Wildman–Crippen MR) is 136 cm³/mol. The number of rotatable bonds is 2. The van der Waals surface area contributed by atoms with Gasteiger partial charge in [0.25, 0.3) is 5.91 Å². The van der Waals surface area contributed by atoms with Gasteiger partial charge in [-0.1, -0.05) is 42.5 Å². The molecule has 182 valence electrons. The molecular formula is C28H32N4O3. The van der Waals surface area contributed by atoms with Crippen LogP contribution in [0.2, 0.25) is 0 Å². The second-order valence-electron chi connectivity index (χ2n) is 9.40. The molecule has 1 aromatic heterocycles. The molecule has 2 aliphatic rings. The molecule has 0 aliphatic carbocycles. The lowest BCUT2D eigenvalue weighted by Gasteiger charge is -2.40. The number of allylic oxidation sites excluding steroid dienone is 1. The Balaban J connectivity index is 1.25. The second-order valence-corrected chi connectivity index (χ2v) is 9.40. The van der Waals surface area contributed by atoms with Gasteiger partial charge >= 0.3 is 0 Å². The van der Waals surface area contributed by atoms with Gasteiger partial charge in [-0.15, -0.1) is 0 Å². The minimum absolute atomic E-state index is 0.0897. The van der Waals surface area contributed by atoms with Gasteiger partial charge in [-0.2, -0.15) is 0 Å². The molecular weight excluding hydrogens is 440 g/mol. The topological polar surface area (TPSA) is 86.5 Å². The summed E-state index contributed by atoms with van der Waals surface area (Å²) in [4.78, 5) is 31.7. The molecule has 3 aromatic rings. The summed E-state index contributed by atoms with van der Waals surface area (Å²) in [6, 6.07) is 15.6. The number of hydrogen-bond acceptors (Lipinski definition) is 4. The highest BCUT2D eigenvalue weighted by atomic mass is 16.5. The first-order valence-corrected chi connectivity index (χ1v) is 12.4. The van der Waals surface area contributed by atoms with Crippen molar-refractivity contribution in [2.75, 3.05) is 32.8 Å². The number of nitrogens with zero attached hydrogens (tertiary/aromatic N) is 1. The molecule has 2 aliphatic heterocycles. The highest BCUT2D eigenvalue weighted by molar-refractivity contribution is 5.97. The fourth-order valence-electron chi connectivity index (χ4n) is 5.10. The Morgan fingerprint density at radius 1 is 0.943 bits per heavy atom. The quantitative estimate of drug-likeness (QED) is 0.497. The summed E-state index contributed by atoms with van der Waals surface area (Å²) < 4.78 is 5.83. The molecule has 5 rings (SSSR count). The van der Waals surface area contributed by atoms with Crippen molar-refractivity contribution in [2.24, 2.45) is 5.41 Å². The average Bonchev–Trinajstić information content (AvgIpc) is 3.29. The van der Waals surface area contributed by atoms with Crippen molar-refractivity contribution in [1.82, 2.24) is 20.5 Å². The molecule has 1 spiro atoms. The van der Waals surface area contributed by atoms with E-state index in [9.17, 15) is 9.59 Å². The van der Waals surface area contributed by atoms with Crippen molar-refractivity contribution in [1.29, 1.82) is 0 Å². The monoisotopic (exact) mass is 472 g/mol. The Morgan fingerprint density at radius 2 is 1.74 bits per heavy atom. The highest BCUT2D eigenvalue weighted by Crippen LogP contribution is 2.37. The average molecular weight is 473 g/mol. The number of ether oxygens (including phenoxy) is 1. The summed E-state index contributed by atoms with van der Waals surface area (Å²) in [5.74, 6) is 0.458. The van der Waals surface area contributed by atoms with E-state index >= 15 is 0 Å². The van der Waals surface area contributed by atoms with Crippen LogP contribution in [0.1, 0.15) is 35.2 Å². The third-order valence-electron chi connectivity index (χ3n) is 7.20. The number of aromatic nitrogens is 1. The van der Waals surface area contributed by atoms with Gasteiger partial charge in [0.1, 0.15) is 12.4 Å². The smallest absolute Gasteiger partial charge is 0.255 e. The highest BCUT2D eigenvalue weighted by Gasteiger charge is 2.40. The number of fused-ring (bicyclic) bond motifs is 2. The molecule has 2 aromatic carbocycles. The number of para-hydroxylation sites is 2. The van der Waals surface area contributed by atoms with Gasteiger partial charge < -0.3 is 20.4 Å². The van der Waals surface area contributed by atoms with Crippen LogP contribution in [0.5, 0.6) is 5.75 Å². The van der Waals surface area contributed by atoms with Crippen LogP contribution in [0.15, 0.2) is 66.9 Å². The molecule has 0 atom stereocenters. The first-order chi connectivity index (χ1) is 17.1. The molecule has 35 heavy (non-hydrogen) atoms. The number of benzene rings is 2. The molecule has 2 amide bonds. The Hall–Kier alpha value is -3.58. The van der Waals surface area contributed by atoms with Gasteiger partial charge in [0, 0.05) is 30.2 Å². The van der Waals surface area contributed by atoms with Crippen molar-refractivity contribution in [3.8, 4) is 5.75 Å². The van der Waals surface area contributed by atoms with E-state index in [0.717, 1.165) is 38.0 Å². The number of carbonyl (C=O) groups excluding carboxylic acids is 2. The minimum atomic E-state index is -0.445. The maximum absolute atomic E-state index is 13.4. The van der Waals surface area contributed by atoms with Gasteiger partial charge in [-0.3, -0.25) is 14.5 Å². The van der Waals surface area contributed by atoms with Crippen LogP contribution in [0.3, 0.4) is 0 Å². The molecule has 3 N–H and O–H groups in total. The lowest BCUT2D eigenvalue weighted by molar-refractivity contribution is -0.134. The fraction of sp³-hybridized carbons (Fsp3) is 0.357. The van der Waals surface area contributed by atoms with Crippen molar-refractivity contribution < 1.29 is 14.3 Å². The Morgan fingerprint density at radius 3 is 2.63 bits per heavy atom. The fourth-order valence-corrected chi connectivity index (χ4v) is 5.10. The Kier molecular flexibility index (Phi) is 6.86.